The average molecular weight is 496 g/mol. The molecule has 1 aromatic carbocycles. The summed E-state index contributed by atoms with van der Waals surface area (Å²) in [6.45, 7) is 4.95. The number of nitrogens with one attached hydrogen (secondary N) is 1. The summed E-state index contributed by atoms with van der Waals surface area (Å²) < 4.78 is 6.07. The van der Waals surface area contributed by atoms with Gasteiger partial charge in [-0.25, -0.2) is 0 Å². The molecule has 0 radical (unpaired) electrons. The highest BCUT2D eigenvalue weighted by Crippen LogP contribution is 2.19. The average Bonchev–Trinajstić information content (AvgIpc) is 2.73. The van der Waals surface area contributed by atoms with Crippen molar-refractivity contribution in [3.63, 3.8) is 0 Å². The van der Waals surface area contributed by atoms with Gasteiger partial charge in [0, 0.05) is 44.9 Å². The molecule has 7 heteroatoms. The van der Waals surface area contributed by atoms with Crippen LogP contribution >= 0.6 is 24.0 Å². The third-order valence-corrected chi connectivity index (χ3v) is 4.63. The Hall–Kier alpha value is -1.87. The second-order valence-electron chi connectivity index (χ2n) is 6.61. The number of hydrogen-bond donors (Lipinski definition) is 2. The number of halogens is 1. The monoisotopic (exact) mass is 496 g/mol. The molecule has 0 bridgehead atoms. The Kier molecular flexibility index (Phi) is 9.49. The fourth-order valence-corrected chi connectivity index (χ4v) is 3.17. The first-order valence-electron chi connectivity index (χ1n) is 9.59. The molecule has 1 aliphatic heterocycles. The molecule has 0 saturated carbocycles. The van der Waals surface area contributed by atoms with Gasteiger partial charge in [0.15, 0.2) is 5.96 Å². The van der Waals surface area contributed by atoms with Crippen molar-refractivity contribution in [1.82, 2.24) is 15.2 Å². The molecule has 1 fully saturated rings. The summed E-state index contributed by atoms with van der Waals surface area (Å²) in [5.74, 6) is 1.78. The van der Waals surface area contributed by atoms with Gasteiger partial charge in [-0.15, -0.1) is 24.0 Å². The van der Waals surface area contributed by atoms with E-state index in [1.165, 1.54) is 0 Å². The Morgan fingerprint density at radius 2 is 1.89 bits per heavy atom. The zero-order valence-electron chi connectivity index (χ0n) is 16.2. The molecule has 1 unspecified atom stereocenters. The summed E-state index contributed by atoms with van der Waals surface area (Å²) in [7, 11) is 0. The molecule has 1 saturated heterocycles. The molecule has 0 spiro atoms. The summed E-state index contributed by atoms with van der Waals surface area (Å²) in [5, 5.41) is 13.7. The van der Waals surface area contributed by atoms with Crippen LogP contribution in [-0.2, 0) is 0 Å². The molecule has 0 aliphatic carbocycles. The SMILES string of the molecule is CCNC(=NCC(O)c1ccncc1)N1CCC(Oc2ccccc2)CC1.I. The fraction of sp³-hybridized carbons (Fsp3) is 0.429. The zero-order valence-corrected chi connectivity index (χ0v) is 18.5. The molecule has 6 nitrogen and oxygen atoms in total. The minimum absolute atomic E-state index is 0. The molecule has 2 heterocycles. The van der Waals surface area contributed by atoms with E-state index in [0.717, 1.165) is 49.7 Å². The lowest BCUT2D eigenvalue weighted by molar-refractivity contribution is 0.129. The van der Waals surface area contributed by atoms with Crippen LogP contribution in [0.3, 0.4) is 0 Å². The number of likely N-dealkylation sites (tertiary alicyclic amines) is 1. The maximum absolute atomic E-state index is 10.3. The van der Waals surface area contributed by atoms with Crippen molar-refractivity contribution >= 4 is 29.9 Å². The van der Waals surface area contributed by atoms with Crippen molar-refractivity contribution in [2.45, 2.75) is 32.0 Å². The highest BCUT2D eigenvalue weighted by Gasteiger charge is 2.23. The molecule has 2 N–H and O–H groups in total. The number of piperidine rings is 1. The summed E-state index contributed by atoms with van der Waals surface area (Å²) in [4.78, 5) is 10.9. The molecule has 1 atom stereocenters. The van der Waals surface area contributed by atoms with E-state index < -0.39 is 6.10 Å². The first-order chi connectivity index (χ1) is 13.3. The van der Waals surface area contributed by atoms with E-state index in [-0.39, 0.29) is 30.1 Å². The largest absolute Gasteiger partial charge is 0.490 e. The zero-order chi connectivity index (χ0) is 18.9. The van der Waals surface area contributed by atoms with Gasteiger partial charge in [-0.3, -0.25) is 9.98 Å². The second kappa shape index (κ2) is 11.9. The van der Waals surface area contributed by atoms with Crippen LogP contribution in [0.5, 0.6) is 5.75 Å². The van der Waals surface area contributed by atoms with Gasteiger partial charge in [-0.05, 0) is 36.8 Å². The van der Waals surface area contributed by atoms with Gasteiger partial charge in [0.1, 0.15) is 11.9 Å². The quantitative estimate of drug-likeness (QED) is 0.365. The van der Waals surface area contributed by atoms with Crippen molar-refractivity contribution in [3.05, 3.63) is 60.4 Å². The number of para-hydroxylation sites is 1. The number of pyridine rings is 1. The summed E-state index contributed by atoms with van der Waals surface area (Å²) >= 11 is 0. The third-order valence-electron chi connectivity index (χ3n) is 4.63. The van der Waals surface area contributed by atoms with Crippen LogP contribution in [0.15, 0.2) is 59.9 Å². The van der Waals surface area contributed by atoms with E-state index >= 15 is 0 Å². The van der Waals surface area contributed by atoms with Gasteiger partial charge in [0.05, 0.1) is 12.6 Å². The Morgan fingerprint density at radius 1 is 1.21 bits per heavy atom. The minimum Gasteiger partial charge on any atom is -0.490 e. The van der Waals surface area contributed by atoms with Crippen molar-refractivity contribution in [2.75, 3.05) is 26.2 Å². The smallest absolute Gasteiger partial charge is 0.194 e. The van der Waals surface area contributed by atoms with Crippen LogP contribution in [0, 0.1) is 0 Å². The van der Waals surface area contributed by atoms with Gasteiger partial charge in [-0.2, -0.15) is 0 Å². The van der Waals surface area contributed by atoms with Gasteiger partial charge >= 0.3 is 0 Å². The van der Waals surface area contributed by atoms with Gasteiger partial charge in [0.25, 0.3) is 0 Å². The Morgan fingerprint density at radius 3 is 2.54 bits per heavy atom. The van der Waals surface area contributed by atoms with Crippen LogP contribution in [0.1, 0.15) is 31.4 Å². The molecular formula is C21H29IN4O2. The standard InChI is InChI=1S/C21H28N4O2.HI/c1-2-23-21(24-16-20(26)17-8-12-22-13-9-17)25-14-10-19(11-15-25)27-18-6-4-3-5-7-18;/h3-9,12-13,19-20,26H,2,10-11,14-16H2,1H3,(H,23,24);1H. The number of rotatable bonds is 6. The summed E-state index contributed by atoms with van der Waals surface area (Å²) in [6.07, 6.45) is 4.88. The Balaban J connectivity index is 0.00000280. The summed E-state index contributed by atoms with van der Waals surface area (Å²) in [5.41, 5.74) is 0.833. The second-order valence-corrected chi connectivity index (χ2v) is 6.61. The normalized spacial score (nSPS) is 16.2. The van der Waals surface area contributed by atoms with Gasteiger partial charge in [0.2, 0.25) is 0 Å². The third kappa shape index (κ3) is 6.63. The molecule has 28 heavy (non-hydrogen) atoms. The molecule has 1 aliphatic rings. The number of ether oxygens (including phenoxy) is 1. The van der Waals surface area contributed by atoms with Gasteiger partial charge < -0.3 is 20.1 Å². The van der Waals surface area contributed by atoms with Crippen LogP contribution in [0.4, 0.5) is 0 Å². The van der Waals surface area contributed by atoms with Gasteiger partial charge in [-0.1, -0.05) is 18.2 Å². The molecule has 1 aromatic heterocycles. The van der Waals surface area contributed by atoms with E-state index in [1.54, 1.807) is 12.4 Å². The predicted molar refractivity (Wildman–Crippen MR) is 122 cm³/mol. The Labute approximate surface area is 184 Å². The van der Waals surface area contributed by atoms with Crippen LogP contribution in [0.25, 0.3) is 0 Å². The van der Waals surface area contributed by atoms with E-state index in [1.807, 2.05) is 42.5 Å². The van der Waals surface area contributed by atoms with Crippen LogP contribution in [-0.4, -0.2) is 53.2 Å². The van der Waals surface area contributed by atoms with E-state index in [2.05, 4.69) is 27.1 Å². The highest BCUT2D eigenvalue weighted by atomic mass is 127. The highest BCUT2D eigenvalue weighted by molar-refractivity contribution is 14.0. The van der Waals surface area contributed by atoms with E-state index in [4.69, 9.17) is 4.74 Å². The number of aromatic nitrogens is 1. The molecule has 3 rings (SSSR count). The van der Waals surface area contributed by atoms with Crippen LogP contribution < -0.4 is 10.1 Å². The predicted octanol–water partition coefficient (Wildman–Crippen LogP) is 3.24. The number of guanidine groups is 1. The van der Waals surface area contributed by atoms with Crippen molar-refractivity contribution < 1.29 is 9.84 Å². The van der Waals surface area contributed by atoms with E-state index in [9.17, 15) is 5.11 Å². The van der Waals surface area contributed by atoms with Crippen LogP contribution in [0.2, 0.25) is 0 Å². The number of nitrogens with zero attached hydrogens (tertiary/aromatic N) is 3. The lowest BCUT2D eigenvalue weighted by Crippen LogP contribution is -2.47. The lowest BCUT2D eigenvalue weighted by atomic mass is 10.1. The molecule has 0 amide bonds. The molecule has 152 valence electrons. The molecular weight excluding hydrogens is 467 g/mol. The molecule has 2 aromatic rings. The first kappa shape index (κ1) is 22.4. The van der Waals surface area contributed by atoms with Crippen molar-refractivity contribution in [1.29, 1.82) is 0 Å². The fourth-order valence-electron chi connectivity index (χ4n) is 3.17. The number of aliphatic hydroxyl groups excluding tert-OH is 1. The number of aliphatic imine (C=N–C) groups is 1. The lowest BCUT2D eigenvalue weighted by Gasteiger charge is -2.34. The van der Waals surface area contributed by atoms with Crippen molar-refractivity contribution in [2.24, 2.45) is 4.99 Å². The maximum Gasteiger partial charge on any atom is 0.194 e. The number of aliphatic hydroxyl groups is 1. The minimum atomic E-state index is -0.624. The first-order valence-corrected chi connectivity index (χ1v) is 9.59. The summed E-state index contributed by atoms with van der Waals surface area (Å²) in [6, 6.07) is 13.6. The van der Waals surface area contributed by atoms with Crippen molar-refractivity contribution in [3.8, 4) is 5.75 Å². The Bertz CT molecular complexity index is 707. The number of benzene rings is 1. The topological polar surface area (TPSA) is 70.0 Å². The maximum atomic E-state index is 10.3. The number of hydrogen-bond acceptors (Lipinski definition) is 4. The van der Waals surface area contributed by atoms with E-state index in [0.29, 0.717) is 6.54 Å².